The van der Waals surface area contributed by atoms with Crippen molar-refractivity contribution in [2.45, 2.75) is 217 Å². The number of rotatable bonds is 3. The maximum Gasteiger partial charge on any atom is 0.339 e. The Morgan fingerprint density at radius 3 is 2.61 bits per heavy atom. The zero-order chi connectivity index (χ0) is 57.5. The lowest BCUT2D eigenvalue weighted by atomic mass is 9.26. The Balaban J connectivity index is 0.864. The number of aliphatic hydroxyl groups is 1. The smallest absolute Gasteiger partial charge is 0.339 e. The second kappa shape index (κ2) is 18.0. The molecule has 10 heteroatoms. The number of piperidine rings is 2. The molecule has 3 N–H and O–H groups in total. The van der Waals surface area contributed by atoms with Gasteiger partial charge in [0.05, 0.1) is 11.0 Å². The van der Waals surface area contributed by atoms with Gasteiger partial charge in [-0.3, -0.25) is 9.69 Å². The molecular formula is C77H95N3O5S2. The number of hydrogen-bond acceptors (Lipinski definition) is 10. The molecule has 8 saturated carbocycles. The molecule has 8 heterocycles. The third-order valence-corrected chi connectivity index (χ3v) is 35.4. The van der Waals surface area contributed by atoms with E-state index in [1.54, 1.807) is 22.4 Å². The van der Waals surface area contributed by atoms with Gasteiger partial charge in [-0.05, 0) is 239 Å². The molecule has 12 aliphatic carbocycles. The fourth-order valence-electron chi connectivity index (χ4n) is 30.8. The Labute approximate surface area is 525 Å². The van der Waals surface area contributed by atoms with Crippen LogP contribution in [0.2, 0.25) is 0 Å². The predicted molar refractivity (Wildman–Crippen MR) is 340 cm³/mol. The quantitative estimate of drug-likeness (QED) is 0.132. The summed E-state index contributed by atoms with van der Waals surface area (Å²) < 4.78 is 15.4. The van der Waals surface area contributed by atoms with E-state index in [-0.39, 0.29) is 52.5 Å². The number of allylic oxidation sites excluding steroid dienone is 4. The number of carbonyl (C=O) groups excluding carboxylic acids is 2. The molecule has 0 radical (unpaired) electrons. The Kier molecular flexibility index (Phi) is 11.0. The average Bonchev–Trinajstić information content (AvgIpc) is 1.54. The summed E-state index contributed by atoms with van der Waals surface area (Å²) in [6.45, 7) is 5.51. The zero-order valence-electron chi connectivity index (χ0n) is 52.0. The van der Waals surface area contributed by atoms with E-state index in [4.69, 9.17) is 15.2 Å². The molecule has 460 valence electrons. The molecule has 8 aliphatic heterocycles. The van der Waals surface area contributed by atoms with Gasteiger partial charge in [0.2, 0.25) is 0 Å². The first-order valence-corrected chi connectivity index (χ1v) is 39.2. The average molecular weight is 1210 g/mol. The number of nitrogens with zero attached hydrogens (tertiary/aromatic N) is 2. The third-order valence-electron chi connectivity index (χ3n) is 32.9. The van der Waals surface area contributed by atoms with Gasteiger partial charge in [0.15, 0.2) is 11.4 Å². The summed E-state index contributed by atoms with van der Waals surface area (Å²) >= 11 is 0. The summed E-state index contributed by atoms with van der Waals surface area (Å²) in [7, 11) is 4.38. The van der Waals surface area contributed by atoms with Crippen molar-refractivity contribution in [3.05, 3.63) is 80.5 Å². The minimum Gasteiger partial charge on any atom is -0.509 e. The molecule has 8 nitrogen and oxygen atoms in total. The van der Waals surface area contributed by atoms with Crippen molar-refractivity contribution in [1.29, 1.82) is 0 Å². The van der Waals surface area contributed by atoms with Gasteiger partial charge in [0.1, 0.15) is 11.2 Å². The summed E-state index contributed by atoms with van der Waals surface area (Å²) in [6.07, 6.45) is 36.7. The topological polar surface area (TPSA) is 105 Å². The lowest BCUT2D eigenvalue weighted by Crippen LogP contribution is -2.78. The Hall–Kier alpha value is -3.10. The molecular weight excluding hydrogens is 1110 g/mol. The van der Waals surface area contributed by atoms with Crippen LogP contribution in [0.3, 0.4) is 0 Å². The number of benzene rings is 1. The molecule has 7 spiro atoms. The van der Waals surface area contributed by atoms with Crippen molar-refractivity contribution in [1.82, 2.24) is 9.80 Å². The fraction of sp³-hybridized carbons (Fsp3) is 0.766. The van der Waals surface area contributed by atoms with E-state index in [9.17, 15) is 5.11 Å². The van der Waals surface area contributed by atoms with Crippen LogP contribution < -0.4 is 5.73 Å². The second-order valence-corrected chi connectivity index (χ2v) is 37.0. The van der Waals surface area contributed by atoms with E-state index in [1.165, 1.54) is 146 Å². The molecule has 23 unspecified atom stereocenters. The number of ether oxygens (including phenoxy) is 2. The number of aliphatic hydroxyl groups excluding tert-OH is 1. The first-order valence-electron chi connectivity index (χ1n) is 36.7. The zero-order valence-corrected chi connectivity index (χ0v) is 53.7. The standard InChI is InChI=1S/C77H95N3O5S2/c1-42-29-47-30-44-19-20-52-56-38-80-66(44)57(52)39-79-59(56)18-7-14-50-15-8-24-73(50)25-10-26-74(73)36-48(34-71(74)22-4-5-23-71)60(79)33-61(81)68-75-27-21-53-64-55-37-72(42,65(53)67(47)80)35-49-41-87-86-40-45-11-2-3-16-51(45)46(31-54(49)55)32-62(76(64,75)70(83)84-68)77(75)58-17-6-12-43(13-9-28-78)63(58)69(82)85-77/h6,12,17,31,42,44-46,48-52,55-57,59-60,62,65-66,81H,2-5,8-11,13,15-16,18-30,32-41,78H2,1H3. The maximum absolute atomic E-state index is 17.4. The highest BCUT2D eigenvalue weighted by Crippen LogP contribution is 2.90. The fourth-order valence-corrected chi connectivity index (χ4v) is 33.6. The van der Waals surface area contributed by atoms with Gasteiger partial charge in [-0.25, -0.2) is 4.79 Å². The van der Waals surface area contributed by atoms with Crippen LogP contribution in [0.5, 0.6) is 0 Å². The number of carbonyl (C=O) groups is 2. The van der Waals surface area contributed by atoms with E-state index in [0.717, 1.165) is 67.6 Å². The van der Waals surface area contributed by atoms with Crippen molar-refractivity contribution < 1.29 is 24.2 Å². The highest BCUT2D eigenvalue weighted by atomic mass is 33.1. The van der Waals surface area contributed by atoms with Crippen LogP contribution in [0.25, 0.3) is 0 Å². The Morgan fingerprint density at radius 2 is 1.70 bits per heavy atom. The van der Waals surface area contributed by atoms with Crippen LogP contribution in [-0.2, 0) is 26.3 Å². The highest BCUT2D eigenvalue weighted by Gasteiger charge is 2.95. The molecule has 1 aromatic rings. The first-order chi connectivity index (χ1) is 42.6. The van der Waals surface area contributed by atoms with E-state index >= 15 is 9.59 Å². The lowest BCUT2D eigenvalue weighted by Gasteiger charge is -2.75. The number of hydrogen-bond donors (Lipinski definition) is 2. The largest absolute Gasteiger partial charge is 0.509 e. The highest BCUT2D eigenvalue weighted by molar-refractivity contribution is 8.76. The van der Waals surface area contributed by atoms with Crippen molar-refractivity contribution >= 4 is 33.5 Å². The van der Waals surface area contributed by atoms with Crippen LogP contribution in [0, 0.1) is 127 Å². The summed E-state index contributed by atoms with van der Waals surface area (Å²) in [5.41, 5.74) is 15.0. The van der Waals surface area contributed by atoms with Crippen LogP contribution in [0.4, 0.5) is 0 Å². The van der Waals surface area contributed by atoms with Gasteiger partial charge in [0, 0.05) is 90.5 Å². The predicted octanol–water partition coefficient (Wildman–Crippen LogP) is 15.2. The number of fused-ring (bicyclic) bond motifs is 10. The van der Waals surface area contributed by atoms with Gasteiger partial charge < -0.3 is 25.2 Å². The van der Waals surface area contributed by atoms with E-state index in [2.05, 4.69) is 74.4 Å². The van der Waals surface area contributed by atoms with Crippen molar-refractivity contribution in [3.8, 4) is 11.8 Å². The lowest BCUT2D eigenvalue weighted by molar-refractivity contribution is -0.284. The number of nitrogens with two attached hydrogens (primary N) is 1. The molecule has 1 aromatic carbocycles. The van der Waals surface area contributed by atoms with Crippen LogP contribution in [0.1, 0.15) is 208 Å². The SMILES string of the molecule is CC1CC2=C3C4C5=C6C7CC14CC1CSSCC4CCCCC4C(C=C17)CC1C64C(=O)OC(=C(O)CC6C7CC8(CCCC8)C8(CCCC89CCCC9C#CCC8C9CN3C3C(CCC9C3CN68)C2)C7)C4(CC5)C12OC(=O)c1c(CCCN)cccc12. The molecule has 20 aliphatic rings. The monoisotopic (exact) mass is 1210 g/mol. The number of esters is 2. The first kappa shape index (κ1) is 53.4. The number of aryl methyl sites for hydroxylation is 1. The van der Waals surface area contributed by atoms with Crippen molar-refractivity contribution in [2.24, 2.45) is 121 Å². The summed E-state index contributed by atoms with van der Waals surface area (Å²) in [5, 5.41) is 14.6. The molecule has 0 amide bonds. The molecule has 23 atom stereocenters. The van der Waals surface area contributed by atoms with E-state index in [1.807, 2.05) is 0 Å². The van der Waals surface area contributed by atoms with Crippen molar-refractivity contribution in [2.75, 3.05) is 31.1 Å². The minimum atomic E-state index is -1.18. The maximum atomic E-state index is 17.4. The van der Waals surface area contributed by atoms with Gasteiger partial charge in [-0.15, -0.1) is 5.92 Å². The second-order valence-electron chi connectivity index (χ2n) is 34.4. The summed E-state index contributed by atoms with van der Waals surface area (Å²) in [4.78, 5) is 39.6. The molecule has 15 bridgehead atoms. The Bertz CT molecular complexity index is 3470. The summed E-state index contributed by atoms with van der Waals surface area (Å²) in [5.74, 6) is 17.3. The minimum absolute atomic E-state index is 0.0750. The molecule has 21 rings (SSSR count). The van der Waals surface area contributed by atoms with Crippen LogP contribution in [-0.4, -0.2) is 76.1 Å². The van der Waals surface area contributed by atoms with Gasteiger partial charge >= 0.3 is 11.9 Å². The van der Waals surface area contributed by atoms with Crippen LogP contribution in [0.15, 0.2) is 63.8 Å². The normalized spacial score (nSPS) is 51.5. The van der Waals surface area contributed by atoms with Crippen molar-refractivity contribution in [3.63, 3.8) is 0 Å². The van der Waals surface area contributed by atoms with Crippen LogP contribution >= 0.6 is 21.6 Å². The molecule has 87 heavy (non-hydrogen) atoms. The van der Waals surface area contributed by atoms with Gasteiger partial charge in [-0.2, -0.15) is 0 Å². The van der Waals surface area contributed by atoms with E-state index in [0.29, 0.717) is 119 Å². The summed E-state index contributed by atoms with van der Waals surface area (Å²) in [6, 6.07) is 7.57. The Morgan fingerprint density at radius 1 is 0.816 bits per heavy atom. The van der Waals surface area contributed by atoms with E-state index < -0.39 is 16.4 Å². The molecule has 0 aromatic heterocycles. The molecule has 3 saturated heterocycles. The molecule has 11 fully saturated rings. The van der Waals surface area contributed by atoms with Gasteiger partial charge in [-0.1, -0.05) is 108 Å². The third kappa shape index (κ3) is 5.99. The van der Waals surface area contributed by atoms with Gasteiger partial charge in [0.25, 0.3) is 0 Å².